The van der Waals surface area contributed by atoms with E-state index in [0.717, 1.165) is 12.2 Å². The number of carbonyl (C=O) groups is 1. The minimum absolute atomic E-state index is 0.107. The van der Waals surface area contributed by atoms with Gasteiger partial charge in [0.25, 0.3) is 0 Å². The minimum atomic E-state index is 0.107. The van der Waals surface area contributed by atoms with Gasteiger partial charge in [-0.3, -0.25) is 10.1 Å². The van der Waals surface area contributed by atoms with Crippen LogP contribution in [0.2, 0.25) is 0 Å². The molecule has 19 heavy (non-hydrogen) atoms. The maximum absolute atomic E-state index is 12.3. The van der Waals surface area contributed by atoms with E-state index >= 15 is 0 Å². The summed E-state index contributed by atoms with van der Waals surface area (Å²) in [7, 11) is 0. The van der Waals surface area contributed by atoms with Gasteiger partial charge in [-0.2, -0.15) is 11.8 Å². The van der Waals surface area contributed by atoms with Crippen LogP contribution in [-0.2, 0) is 4.79 Å². The van der Waals surface area contributed by atoms with Gasteiger partial charge in [0.2, 0.25) is 5.91 Å². The Morgan fingerprint density at radius 2 is 2.42 bits per heavy atom. The van der Waals surface area contributed by atoms with Crippen LogP contribution in [0.3, 0.4) is 0 Å². The second-order valence-corrected chi connectivity index (χ2v) is 7.59. The summed E-state index contributed by atoms with van der Waals surface area (Å²) in [5.74, 6) is 1.41. The SMILES string of the molecule is CCSC1CCCC1N1C(=O)CNC1c1cccs1. The standard InChI is InChI=1S/C14H20N2OS2/c1-2-18-11-6-3-5-10(11)16-13(17)9-15-14(16)12-7-4-8-19-12/h4,7-8,10-11,14-15H,2-3,5-6,9H2,1H3. The van der Waals surface area contributed by atoms with Gasteiger partial charge in [0.15, 0.2) is 0 Å². The summed E-state index contributed by atoms with van der Waals surface area (Å²) in [5, 5.41) is 6.09. The molecule has 1 aliphatic heterocycles. The van der Waals surface area contributed by atoms with Gasteiger partial charge < -0.3 is 4.90 Å². The lowest BCUT2D eigenvalue weighted by Gasteiger charge is -2.33. The zero-order valence-electron chi connectivity index (χ0n) is 11.2. The Balaban J connectivity index is 1.82. The zero-order valence-corrected chi connectivity index (χ0v) is 12.8. The number of carbonyl (C=O) groups excluding carboxylic acids is 1. The molecule has 1 amide bonds. The van der Waals surface area contributed by atoms with E-state index in [1.165, 1.54) is 17.7 Å². The largest absolute Gasteiger partial charge is 0.317 e. The Morgan fingerprint density at radius 3 is 3.16 bits per heavy atom. The number of amides is 1. The van der Waals surface area contributed by atoms with E-state index in [0.29, 0.717) is 17.8 Å². The van der Waals surface area contributed by atoms with Gasteiger partial charge in [-0.15, -0.1) is 11.3 Å². The van der Waals surface area contributed by atoms with Crippen LogP contribution in [0.25, 0.3) is 0 Å². The van der Waals surface area contributed by atoms with Crippen molar-refractivity contribution < 1.29 is 4.79 Å². The topological polar surface area (TPSA) is 32.3 Å². The Kier molecular flexibility index (Phi) is 4.15. The maximum atomic E-state index is 12.3. The van der Waals surface area contributed by atoms with E-state index in [9.17, 15) is 4.79 Å². The second-order valence-electron chi connectivity index (χ2n) is 5.09. The highest BCUT2D eigenvalue weighted by Crippen LogP contribution is 2.38. The van der Waals surface area contributed by atoms with Crippen LogP contribution in [-0.4, -0.2) is 34.4 Å². The lowest BCUT2D eigenvalue weighted by atomic mass is 10.2. The molecule has 1 aromatic heterocycles. The van der Waals surface area contributed by atoms with E-state index in [1.54, 1.807) is 11.3 Å². The summed E-state index contributed by atoms with van der Waals surface area (Å²) in [5.41, 5.74) is 0. The quantitative estimate of drug-likeness (QED) is 0.927. The molecule has 1 aliphatic carbocycles. The number of thiophene rings is 1. The van der Waals surface area contributed by atoms with Gasteiger partial charge in [0.1, 0.15) is 6.17 Å². The van der Waals surface area contributed by atoms with Crippen molar-refractivity contribution in [1.29, 1.82) is 0 Å². The number of nitrogens with zero attached hydrogens (tertiary/aromatic N) is 1. The van der Waals surface area contributed by atoms with Crippen molar-refractivity contribution in [1.82, 2.24) is 10.2 Å². The highest BCUT2D eigenvalue weighted by molar-refractivity contribution is 7.99. The lowest BCUT2D eigenvalue weighted by molar-refractivity contribution is -0.130. The average Bonchev–Trinajstić information content (AvgIpc) is 3.09. The molecule has 2 heterocycles. The predicted molar refractivity (Wildman–Crippen MR) is 81.5 cm³/mol. The van der Waals surface area contributed by atoms with Crippen LogP contribution >= 0.6 is 23.1 Å². The molecule has 0 bridgehead atoms. The molecule has 1 saturated heterocycles. The van der Waals surface area contributed by atoms with Crippen LogP contribution < -0.4 is 5.32 Å². The molecule has 3 unspecified atom stereocenters. The van der Waals surface area contributed by atoms with Gasteiger partial charge in [0, 0.05) is 16.2 Å². The van der Waals surface area contributed by atoms with Gasteiger partial charge >= 0.3 is 0 Å². The normalized spacial score (nSPS) is 31.3. The Labute approximate surface area is 122 Å². The molecule has 104 valence electrons. The number of hydrogen-bond donors (Lipinski definition) is 1. The van der Waals surface area contributed by atoms with Gasteiger partial charge in [-0.1, -0.05) is 19.4 Å². The first-order valence-corrected chi connectivity index (χ1v) is 8.93. The van der Waals surface area contributed by atoms with E-state index in [-0.39, 0.29) is 12.1 Å². The molecule has 2 aliphatic rings. The maximum Gasteiger partial charge on any atom is 0.238 e. The smallest absolute Gasteiger partial charge is 0.238 e. The Hall–Kier alpha value is -0.520. The summed E-state index contributed by atoms with van der Waals surface area (Å²) < 4.78 is 0. The summed E-state index contributed by atoms with van der Waals surface area (Å²) in [6.07, 6.45) is 3.77. The Morgan fingerprint density at radius 1 is 1.53 bits per heavy atom. The molecule has 3 nitrogen and oxygen atoms in total. The molecular weight excluding hydrogens is 276 g/mol. The molecule has 1 saturated carbocycles. The summed E-state index contributed by atoms with van der Waals surface area (Å²) >= 11 is 3.75. The average molecular weight is 296 g/mol. The first-order valence-electron chi connectivity index (χ1n) is 7.01. The highest BCUT2D eigenvalue weighted by atomic mass is 32.2. The fourth-order valence-corrected chi connectivity index (χ4v) is 5.26. The predicted octanol–water partition coefficient (Wildman–Crippen LogP) is 2.85. The third kappa shape index (κ3) is 2.56. The van der Waals surface area contributed by atoms with E-state index in [2.05, 4.69) is 34.7 Å². The number of hydrogen-bond acceptors (Lipinski definition) is 4. The van der Waals surface area contributed by atoms with Gasteiger partial charge in [-0.05, 0) is 30.0 Å². The molecular formula is C14H20N2OS2. The van der Waals surface area contributed by atoms with Gasteiger partial charge in [0.05, 0.1) is 6.54 Å². The summed E-state index contributed by atoms with van der Waals surface area (Å²) in [6.45, 7) is 2.70. The van der Waals surface area contributed by atoms with Crippen molar-refractivity contribution >= 4 is 29.0 Å². The van der Waals surface area contributed by atoms with Crippen molar-refractivity contribution in [2.75, 3.05) is 12.3 Å². The van der Waals surface area contributed by atoms with Crippen molar-refractivity contribution in [2.24, 2.45) is 0 Å². The van der Waals surface area contributed by atoms with Crippen molar-refractivity contribution in [3.63, 3.8) is 0 Å². The first kappa shape index (κ1) is 13.5. The van der Waals surface area contributed by atoms with E-state index in [4.69, 9.17) is 0 Å². The fourth-order valence-electron chi connectivity index (χ4n) is 3.21. The van der Waals surface area contributed by atoms with Crippen molar-refractivity contribution in [2.45, 2.75) is 43.6 Å². The number of thioether (sulfide) groups is 1. The van der Waals surface area contributed by atoms with Crippen LogP contribution in [0, 0.1) is 0 Å². The molecule has 0 spiro atoms. The molecule has 3 atom stereocenters. The third-order valence-electron chi connectivity index (χ3n) is 3.98. The first-order chi connectivity index (χ1) is 9.31. The molecule has 0 radical (unpaired) electrons. The monoisotopic (exact) mass is 296 g/mol. The third-order valence-corrected chi connectivity index (χ3v) is 6.22. The van der Waals surface area contributed by atoms with Gasteiger partial charge in [-0.25, -0.2) is 0 Å². The van der Waals surface area contributed by atoms with E-state index < -0.39 is 0 Å². The fraction of sp³-hybridized carbons (Fsp3) is 0.643. The van der Waals surface area contributed by atoms with Crippen LogP contribution in [0.1, 0.15) is 37.2 Å². The molecule has 5 heteroatoms. The highest BCUT2D eigenvalue weighted by Gasteiger charge is 2.42. The molecule has 3 rings (SSSR count). The van der Waals surface area contributed by atoms with Crippen molar-refractivity contribution in [3.05, 3.63) is 22.4 Å². The number of rotatable bonds is 4. The zero-order chi connectivity index (χ0) is 13.2. The van der Waals surface area contributed by atoms with Crippen LogP contribution in [0.15, 0.2) is 17.5 Å². The van der Waals surface area contributed by atoms with Crippen molar-refractivity contribution in [3.8, 4) is 0 Å². The van der Waals surface area contributed by atoms with Crippen LogP contribution in [0.4, 0.5) is 0 Å². The summed E-state index contributed by atoms with van der Waals surface area (Å²) in [4.78, 5) is 15.7. The molecule has 1 aromatic rings. The van der Waals surface area contributed by atoms with Crippen LogP contribution in [0.5, 0.6) is 0 Å². The molecule has 2 fully saturated rings. The molecule has 1 N–H and O–H groups in total. The second kappa shape index (κ2) is 5.85. The minimum Gasteiger partial charge on any atom is -0.317 e. The Bertz CT molecular complexity index is 435. The number of nitrogens with one attached hydrogen (secondary N) is 1. The van der Waals surface area contributed by atoms with E-state index in [1.807, 2.05) is 11.8 Å². The lowest BCUT2D eigenvalue weighted by Crippen LogP contribution is -2.42. The molecule has 0 aromatic carbocycles. The summed E-state index contributed by atoms with van der Waals surface area (Å²) in [6, 6.07) is 4.61.